The number of nitrogens with zero attached hydrogens (tertiary/aromatic N) is 1. The first kappa shape index (κ1) is 17.0. The predicted octanol–water partition coefficient (Wildman–Crippen LogP) is 4.44. The van der Waals surface area contributed by atoms with Crippen LogP contribution in [0.1, 0.15) is 32.1 Å². The molecule has 0 saturated heterocycles. The summed E-state index contributed by atoms with van der Waals surface area (Å²) in [5, 5.41) is 0.456. The lowest BCUT2D eigenvalue weighted by Crippen LogP contribution is -2.30. The number of anilines is 1. The number of rotatable bonds is 4. The third-order valence-corrected chi connectivity index (χ3v) is 6.84. The zero-order chi connectivity index (χ0) is 18.1. The quantitative estimate of drug-likeness (QED) is 0.710. The highest BCUT2D eigenvalue weighted by molar-refractivity contribution is 7.93. The van der Waals surface area contributed by atoms with E-state index >= 15 is 0 Å². The first-order valence-corrected chi connectivity index (χ1v) is 10.3. The van der Waals surface area contributed by atoms with Crippen LogP contribution >= 0.6 is 0 Å². The second-order valence-electron chi connectivity index (χ2n) is 6.70. The maximum absolute atomic E-state index is 14.6. The van der Waals surface area contributed by atoms with E-state index in [9.17, 15) is 12.8 Å². The number of fused-ring (bicyclic) bond motifs is 1. The highest BCUT2D eigenvalue weighted by Crippen LogP contribution is 2.31. The molecule has 0 spiro atoms. The van der Waals surface area contributed by atoms with Gasteiger partial charge in [0.15, 0.2) is 0 Å². The van der Waals surface area contributed by atoms with Crippen molar-refractivity contribution in [3.05, 3.63) is 48.5 Å². The number of nitrogens with one attached hydrogen (secondary N) is 2. The molecule has 0 radical (unpaired) electrons. The maximum atomic E-state index is 14.6. The Bertz CT molecular complexity index is 1040. The van der Waals surface area contributed by atoms with Crippen LogP contribution in [0.5, 0.6) is 0 Å². The van der Waals surface area contributed by atoms with Crippen molar-refractivity contribution in [1.82, 2.24) is 9.97 Å². The summed E-state index contributed by atoms with van der Waals surface area (Å²) in [5.41, 5.74) is 2.25. The average Bonchev–Trinajstić information content (AvgIpc) is 3.13. The molecular weight excluding hydrogens is 353 g/mol. The number of hydrogen-bond acceptors (Lipinski definition) is 3. The van der Waals surface area contributed by atoms with E-state index in [4.69, 9.17) is 0 Å². The van der Waals surface area contributed by atoms with Crippen LogP contribution in [0.15, 0.2) is 42.7 Å². The highest BCUT2D eigenvalue weighted by atomic mass is 32.2. The smallest absolute Gasteiger partial charge is 0.235 e. The van der Waals surface area contributed by atoms with Crippen LogP contribution in [0.25, 0.3) is 22.2 Å². The number of H-pyrrole nitrogens is 1. The van der Waals surface area contributed by atoms with Crippen LogP contribution in [-0.2, 0) is 10.0 Å². The van der Waals surface area contributed by atoms with Gasteiger partial charge in [0.1, 0.15) is 11.5 Å². The predicted molar refractivity (Wildman–Crippen MR) is 101 cm³/mol. The summed E-state index contributed by atoms with van der Waals surface area (Å²) >= 11 is 0. The van der Waals surface area contributed by atoms with Crippen LogP contribution in [-0.4, -0.2) is 23.6 Å². The lowest BCUT2D eigenvalue weighted by Gasteiger charge is -2.22. The topological polar surface area (TPSA) is 74.8 Å². The van der Waals surface area contributed by atoms with Crippen molar-refractivity contribution in [1.29, 1.82) is 0 Å². The van der Waals surface area contributed by atoms with Crippen LogP contribution in [0, 0.1) is 5.82 Å². The Kier molecular flexibility index (Phi) is 4.40. The number of aromatic amines is 1. The first-order valence-electron chi connectivity index (χ1n) is 8.78. The van der Waals surface area contributed by atoms with Crippen LogP contribution < -0.4 is 4.72 Å². The Labute approximate surface area is 151 Å². The van der Waals surface area contributed by atoms with Gasteiger partial charge in [-0.1, -0.05) is 25.3 Å². The van der Waals surface area contributed by atoms with Crippen molar-refractivity contribution in [3.63, 3.8) is 0 Å². The molecule has 1 aliphatic carbocycles. The molecule has 2 N–H and O–H groups in total. The second kappa shape index (κ2) is 6.72. The van der Waals surface area contributed by atoms with Gasteiger partial charge in [0, 0.05) is 17.8 Å². The largest absolute Gasteiger partial charge is 0.346 e. The number of pyridine rings is 1. The second-order valence-corrected chi connectivity index (χ2v) is 8.66. The van der Waals surface area contributed by atoms with Gasteiger partial charge in [0.25, 0.3) is 0 Å². The molecule has 2 aromatic heterocycles. The molecule has 0 aliphatic heterocycles. The summed E-state index contributed by atoms with van der Waals surface area (Å²) in [6.07, 6.45) is 7.59. The number of halogens is 1. The normalized spacial score (nSPS) is 16.0. The summed E-state index contributed by atoms with van der Waals surface area (Å²) < 4.78 is 42.1. The molecule has 0 bridgehead atoms. The van der Waals surface area contributed by atoms with Crippen LogP contribution in [0.4, 0.5) is 10.1 Å². The van der Waals surface area contributed by atoms with E-state index < -0.39 is 21.1 Å². The molecule has 7 heteroatoms. The minimum atomic E-state index is -3.57. The Morgan fingerprint density at radius 2 is 1.92 bits per heavy atom. The summed E-state index contributed by atoms with van der Waals surface area (Å²) in [5.74, 6) is -0.581. The molecule has 0 atom stereocenters. The van der Waals surface area contributed by atoms with E-state index in [2.05, 4.69) is 14.7 Å². The monoisotopic (exact) mass is 373 g/mol. The van der Waals surface area contributed by atoms with Crippen molar-refractivity contribution in [2.24, 2.45) is 0 Å². The van der Waals surface area contributed by atoms with Crippen LogP contribution in [0.3, 0.4) is 0 Å². The Morgan fingerprint density at radius 1 is 1.12 bits per heavy atom. The van der Waals surface area contributed by atoms with Crippen molar-refractivity contribution in [2.45, 2.75) is 37.4 Å². The van der Waals surface area contributed by atoms with E-state index in [1.165, 1.54) is 12.1 Å². The maximum Gasteiger partial charge on any atom is 0.235 e. The summed E-state index contributed by atoms with van der Waals surface area (Å²) in [6.45, 7) is 0. The van der Waals surface area contributed by atoms with Gasteiger partial charge in [-0.3, -0.25) is 4.72 Å². The number of benzene rings is 1. The minimum Gasteiger partial charge on any atom is -0.346 e. The third-order valence-electron chi connectivity index (χ3n) is 4.98. The van der Waals surface area contributed by atoms with Gasteiger partial charge in [-0.2, -0.15) is 0 Å². The third kappa shape index (κ3) is 3.19. The molecule has 2 heterocycles. The van der Waals surface area contributed by atoms with Gasteiger partial charge in [-0.05, 0) is 48.2 Å². The van der Waals surface area contributed by atoms with Crippen molar-refractivity contribution < 1.29 is 12.8 Å². The summed E-state index contributed by atoms with van der Waals surface area (Å²) in [7, 11) is -3.57. The number of sulfonamides is 1. The molecule has 3 aromatic rings. The minimum absolute atomic E-state index is 0.00121. The van der Waals surface area contributed by atoms with E-state index in [1.807, 2.05) is 12.1 Å². The SMILES string of the molecule is O=S(=O)(Nc1ccc(-c2ccnc3[nH]ccc23)cc1F)C1CCCCC1. The summed E-state index contributed by atoms with van der Waals surface area (Å²) in [4.78, 5) is 7.25. The van der Waals surface area contributed by atoms with E-state index in [-0.39, 0.29) is 5.69 Å². The van der Waals surface area contributed by atoms with E-state index in [1.54, 1.807) is 18.5 Å². The number of hydrogen-bond donors (Lipinski definition) is 2. The fourth-order valence-corrected chi connectivity index (χ4v) is 5.18. The van der Waals surface area contributed by atoms with Gasteiger partial charge >= 0.3 is 0 Å². The molecule has 5 nitrogen and oxygen atoms in total. The fraction of sp³-hybridized carbons (Fsp3) is 0.316. The fourth-order valence-electron chi connectivity index (χ4n) is 3.59. The van der Waals surface area contributed by atoms with Crippen molar-refractivity contribution in [3.8, 4) is 11.1 Å². The van der Waals surface area contributed by atoms with Gasteiger partial charge in [0.05, 0.1) is 10.9 Å². The Hall–Kier alpha value is -2.41. The van der Waals surface area contributed by atoms with Crippen molar-refractivity contribution in [2.75, 3.05) is 4.72 Å². The highest BCUT2D eigenvalue weighted by Gasteiger charge is 2.28. The molecule has 1 saturated carbocycles. The molecule has 26 heavy (non-hydrogen) atoms. The lowest BCUT2D eigenvalue weighted by molar-refractivity contribution is 0.486. The average molecular weight is 373 g/mol. The van der Waals surface area contributed by atoms with Gasteiger partial charge in [-0.25, -0.2) is 17.8 Å². The standard InChI is InChI=1S/C19H20FN3O2S/c20-17-12-13(15-8-10-21-19-16(15)9-11-22-19)6-7-18(17)23-26(24,25)14-4-2-1-3-5-14/h6-12,14,23H,1-5H2,(H,21,22). The zero-order valence-electron chi connectivity index (χ0n) is 14.2. The van der Waals surface area contributed by atoms with Crippen molar-refractivity contribution >= 4 is 26.7 Å². The summed E-state index contributed by atoms with van der Waals surface area (Å²) in [6, 6.07) is 8.28. The molecule has 1 aliphatic rings. The molecule has 4 rings (SSSR count). The Morgan fingerprint density at radius 3 is 2.69 bits per heavy atom. The van der Waals surface area contributed by atoms with Gasteiger partial charge in [-0.15, -0.1) is 0 Å². The van der Waals surface area contributed by atoms with Crippen LogP contribution in [0.2, 0.25) is 0 Å². The van der Waals surface area contributed by atoms with E-state index in [0.29, 0.717) is 18.4 Å². The van der Waals surface area contributed by atoms with Gasteiger partial charge in [0.2, 0.25) is 10.0 Å². The molecule has 0 amide bonds. The Balaban J connectivity index is 1.63. The van der Waals surface area contributed by atoms with E-state index in [0.717, 1.165) is 35.9 Å². The molecule has 0 unspecified atom stereocenters. The zero-order valence-corrected chi connectivity index (χ0v) is 15.0. The molecule has 1 aromatic carbocycles. The number of aromatic nitrogens is 2. The molecule has 136 valence electrons. The lowest BCUT2D eigenvalue weighted by atomic mass is 10.0. The molecular formula is C19H20FN3O2S. The van der Waals surface area contributed by atoms with Gasteiger partial charge < -0.3 is 4.98 Å². The first-order chi connectivity index (χ1) is 12.5. The molecule has 1 fully saturated rings.